The van der Waals surface area contributed by atoms with Crippen molar-refractivity contribution in [2.45, 2.75) is 20.5 Å². The SMILES string of the molecule is CCOc1ccc(COc2cccc(C=NNc3ccccc3)c2)cc1OCC. The van der Waals surface area contributed by atoms with Gasteiger partial charge in [-0.15, -0.1) is 0 Å². The van der Waals surface area contributed by atoms with Crippen LogP contribution in [0.25, 0.3) is 0 Å². The summed E-state index contributed by atoms with van der Waals surface area (Å²) in [6.07, 6.45) is 1.77. The second-order valence-corrected chi connectivity index (χ2v) is 6.24. The van der Waals surface area contributed by atoms with Crippen LogP contribution < -0.4 is 19.6 Å². The third-order valence-electron chi connectivity index (χ3n) is 4.05. The lowest BCUT2D eigenvalue weighted by Crippen LogP contribution is -2.01. The van der Waals surface area contributed by atoms with Crippen LogP contribution in [-0.4, -0.2) is 19.4 Å². The van der Waals surface area contributed by atoms with Gasteiger partial charge in [-0.25, -0.2) is 0 Å². The molecular weight excluding hydrogens is 364 g/mol. The Kier molecular flexibility index (Phi) is 7.52. The highest BCUT2D eigenvalue weighted by Crippen LogP contribution is 2.29. The van der Waals surface area contributed by atoms with Crippen LogP contribution in [0, 0.1) is 0 Å². The van der Waals surface area contributed by atoms with Crippen LogP contribution >= 0.6 is 0 Å². The maximum atomic E-state index is 5.95. The molecular formula is C24H26N2O3. The summed E-state index contributed by atoms with van der Waals surface area (Å²) in [6, 6.07) is 23.5. The van der Waals surface area contributed by atoms with Crippen molar-refractivity contribution in [3.8, 4) is 17.2 Å². The molecule has 0 bridgehead atoms. The predicted molar refractivity (Wildman–Crippen MR) is 117 cm³/mol. The zero-order valence-corrected chi connectivity index (χ0v) is 16.8. The fraction of sp³-hybridized carbons (Fsp3) is 0.208. The molecule has 0 radical (unpaired) electrons. The van der Waals surface area contributed by atoms with Crippen molar-refractivity contribution in [1.29, 1.82) is 0 Å². The fourth-order valence-electron chi connectivity index (χ4n) is 2.73. The van der Waals surface area contributed by atoms with E-state index in [-0.39, 0.29) is 0 Å². The van der Waals surface area contributed by atoms with E-state index in [0.717, 1.165) is 34.1 Å². The summed E-state index contributed by atoms with van der Waals surface area (Å²) in [5.74, 6) is 2.27. The minimum absolute atomic E-state index is 0.440. The van der Waals surface area contributed by atoms with Gasteiger partial charge in [-0.1, -0.05) is 36.4 Å². The molecule has 29 heavy (non-hydrogen) atoms. The van der Waals surface area contributed by atoms with Crippen molar-refractivity contribution < 1.29 is 14.2 Å². The number of hydrazone groups is 1. The summed E-state index contributed by atoms with van der Waals surface area (Å²) in [6.45, 7) is 5.54. The Balaban J connectivity index is 1.61. The molecule has 0 spiro atoms. The van der Waals surface area contributed by atoms with Gasteiger partial charge >= 0.3 is 0 Å². The highest BCUT2D eigenvalue weighted by Gasteiger charge is 2.07. The van der Waals surface area contributed by atoms with Crippen LogP contribution in [0.3, 0.4) is 0 Å². The van der Waals surface area contributed by atoms with Crippen molar-refractivity contribution in [3.63, 3.8) is 0 Å². The first-order valence-electron chi connectivity index (χ1n) is 9.74. The van der Waals surface area contributed by atoms with Crippen LogP contribution in [0.4, 0.5) is 5.69 Å². The van der Waals surface area contributed by atoms with Gasteiger partial charge in [0.25, 0.3) is 0 Å². The van der Waals surface area contributed by atoms with E-state index in [1.165, 1.54) is 0 Å². The molecule has 5 heteroatoms. The maximum Gasteiger partial charge on any atom is 0.161 e. The maximum absolute atomic E-state index is 5.95. The predicted octanol–water partition coefficient (Wildman–Crippen LogP) is 5.51. The molecule has 150 valence electrons. The van der Waals surface area contributed by atoms with Crippen LogP contribution in [0.1, 0.15) is 25.0 Å². The molecule has 0 aliphatic heterocycles. The van der Waals surface area contributed by atoms with Gasteiger partial charge in [0.2, 0.25) is 0 Å². The summed E-state index contributed by atoms with van der Waals surface area (Å²) in [5.41, 5.74) is 5.92. The first-order valence-corrected chi connectivity index (χ1v) is 9.74. The van der Waals surface area contributed by atoms with Gasteiger partial charge in [0.15, 0.2) is 11.5 Å². The van der Waals surface area contributed by atoms with E-state index in [2.05, 4.69) is 10.5 Å². The summed E-state index contributed by atoms with van der Waals surface area (Å²) < 4.78 is 17.2. The normalized spacial score (nSPS) is 10.7. The Labute approximate surface area is 171 Å². The van der Waals surface area contributed by atoms with E-state index in [4.69, 9.17) is 14.2 Å². The van der Waals surface area contributed by atoms with Gasteiger partial charge in [-0.2, -0.15) is 5.10 Å². The quantitative estimate of drug-likeness (QED) is 0.366. The highest BCUT2D eigenvalue weighted by atomic mass is 16.5. The van der Waals surface area contributed by atoms with Gasteiger partial charge < -0.3 is 14.2 Å². The average molecular weight is 390 g/mol. The molecule has 0 aliphatic rings. The number of hydrogen-bond acceptors (Lipinski definition) is 5. The molecule has 1 N–H and O–H groups in total. The number of para-hydroxylation sites is 1. The standard InChI is InChI=1S/C24H26N2O3/c1-3-27-23-14-13-20(16-24(23)28-4-2)18-29-22-12-8-9-19(15-22)17-25-26-21-10-6-5-7-11-21/h5-17,26H,3-4,18H2,1-2H3. The number of benzene rings is 3. The van der Waals surface area contributed by atoms with E-state index in [1.54, 1.807) is 6.21 Å². The van der Waals surface area contributed by atoms with Crippen molar-refractivity contribution in [3.05, 3.63) is 83.9 Å². The molecule has 0 unspecified atom stereocenters. The molecule has 0 atom stereocenters. The van der Waals surface area contributed by atoms with E-state index >= 15 is 0 Å². The zero-order valence-electron chi connectivity index (χ0n) is 16.8. The Morgan fingerprint density at radius 3 is 2.38 bits per heavy atom. The summed E-state index contributed by atoms with van der Waals surface area (Å²) in [4.78, 5) is 0. The van der Waals surface area contributed by atoms with E-state index < -0.39 is 0 Å². The van der Waals surface area contributed by atoms with Crippen molar-refractivity contribution >= 4 is 11.9 Å². The summed E-state index contributed by atoms with van der Waals surface area (Å²) in [5, 5.41) is 4.27. The van der Waals surface area contributed by atoms with Crippen LogP contribution in [-0.2, 0) is 6.61 Å². The Bertz CT molecular complexity index is 926. The first-order chi connectivity index (χ1) is 14.3. The molecule has 3 rings (SSSR count). The molecule has 0 saturated heterocycles. The van der Waals surface area contributed by atoms with E-state index in [0.29, 0.717) is 19.8 Å². The second kappa shape index (κ2) is 10.8. The third-order valence-corrected chi connectivity index (χ3v) is 4.05. The van der Waals surface area contributed by atoms with E-state index in [1.807, 2.05) is 86.6 Å². The molecule has 0 amide bonds. The lowest BCUT2D eigenvalue weighted by molar-refractivity contribution is 0.283. The molecule has 3 aromatic rings. The number of nitrogens with one attached hydrogen (secondary N) is 1. The number of ether oxygens (including phenoxy) is 3. The smallest absolute Gasteiger partial charge is 0.161 e. The largest absolute Gasteiger partial charge is 0.490 e. The summed E-state index contributed by atoms with van der Waals surface area (Å²) in [7, 11) is 0. The molecule has 0 fully saturated rings. The van der Waals surface area contributed by atoms with Crippen LogP contribution in [0.2, 0.25) is 0 Å². The van der Waals surface area contributed by atoms with Gasteiger partial charge in [0.1, 0.15) is 12.4 Å². The molecule has 0 saturated carbocycles. The Morgan fingerprint density at radius 2 is 1.59 bits per heavy atom. The monoisotopic (exact) mass is 390 g/mol. The topological polar surface area (TPSA) is 52.1 Å². The minimum Gasteiger partial charge on any atom is -0.490 e. The second-order valence-electron chi connectivity index (χ2n) is 6.24. The lowest BCUT2D eigenvalue weighted by Gasteiger charge is -2.13. The number of rotatable bonds is 10. The van der Waals surface area contributed by atoms with Crippen molar-refractivity contribution in [1.82, 2.24) is 0 Å². The third kappa shape index (κ3) is 6.28. The molecule has 0 aromatic heterocycles. The Morgan fingerprint density at radius 1 is 0.793 bits per heavy atom. The highest BCUT2D eigenvalue weighted by molar-refractivity contribution is 5.80. The number of nitrogens with zero attached hydrogens (tertiary/aromatic N) is 1. The van der Waals surface area contributed by atoms with Gasteiger partial charge in [-0.3, -0.25) is 5.43 Å². The van der Waals surface area contributed by atoms with Crippen molar-refractivity contribution in [2.24, 2.45) is 5.10 Å². The molecule has 0 aliphatic carbocycles. The number of anilines is 1. The van der Waals surface area contributed by atoms with Gasteiger partial charge in [-0.05, 0) is 61.4 Å². The lowest BCUT2D eigenvalue weighted by atomic mass is 10.2. The summed E-state index contributed by atoms with van der Waals surface area (Å²) >= 11 is 0. The molecule has 5 nitrogen and oxygen atoms in total. The average Bonchev–Trinajstić information content (AvgIpc) is 2.75. The van der Waals surface area contributed by atoms with Crippen LogP contribution in [0.5, 0.6) is 17.2 Å². The zero-order chi connectivity index (χ0) is 20.3. The molecule has 0 heterocycles. The molecule has 3 aromatic carbocycles. The van der Waals surface area contributed by atoms with Gasteiger partial charge in [0, 0.05) is 0 Å². The number of hydrogen-bond donors (Lipinski definition) is 1. The van der Waals surface area contributed by atoms with Crippen molar-refractivity contribution in [2.75, 3.05) is 18.6 Å². The van der Waals surface area contributed by atoms with Gasteiger partial charge in [0.05, 0.1) is 25.1 Å². The minimum atomic E-state index is 0.440. The van der Waals surface area contributed by atoms with E-state index in [9.17, 15) is 0 Å². The van der Waals surface area contributed by atoms with Crippen LogP contribution in [0.15, 0.2) is 77.9 Å². The Hall–Kier alpha value is -3.47. The fourth-order valence-corrected chi connectivity index (χ4v) is 2.73. The first kappa shape index (κ1) is 20.3.